The second-order valence-corrected chi connectivity index (χ2v) is 11.6. The number of methoxy groups -OCH3 is 1. The monoisotopic (exact) mass is 602 g/mol. The quantitative estimate of drug-likeness (QED) is 0.0990. The molecule has 44 heavy (non-hydrogen) atoms. The first-order valence-electron chi connectivity index (χ1n) is 15.4. The van der Waals surface area contributed by atoms with Gasteiger partial charge in [-0.25, -0.2) is 9.59 Å². The van der Waals surface area contributed by atoms with Crippen LogP contribution in [0.4, 0.5) is 0 Å². The van der Waals surface area contributed by atoms with Crippen LogP contribution in [0, 0.1) is 17.8 Å². The van der Waals surface area contributed by atoms with Gasteiger partial charge >= 0.3 is 17.9 Å². The third kappa shape index (κ3) is 10.9. The number of ether oxygens (including phenoxy) is 3. The summed E-state index contributed by atoms with van der Waals surface area (Å²) in [7, 11) is 1.38. The van der Waals surface area contributed by atoms with E-state index < -0.39 is 30.3 Å². The van der Waals surface area contributed by atoms with Gasteiger partial charge in [-0.15, -0.1) is 0 Å². The van der Waals surface area contributed by atoms with E-state index in [1.165, 1.54) is 12.7 Å². The van der Waals surface area contributed by atoms with E-state index in [1.807, 2.05) is 57.2 Å². The third-order valence-corrected chi connectivity index (χ3v) is 7.95. The van der Waals surface area contributed by atoms with E-state index in [4.69, 9.17) is 14.2 Å². The second-order valence-electron chi connectivity index (χ2n) is 11.6. The Balaban J connectivity index is 1.81. The maximum Gasteiger partial charge on any atom is 0.338 e. The van der Waals surface area contributed by atoms with Gasteiger partial charge in [-0.2, -0.15) is 0 Å². The molecule has 2 aromatic carbocycles. The predicted octanol–water partition coefficient (Wildman–Crippen LogP) is 7.27. The minimum atomic E-state index is -0.740. The summed E-state index contributed by atoms with van der Waals surface area (Å²) in [5, 5.41) is 11.2. The zero-order valence-corrected chi connectivity index (χ0v) is 26.3. The average Bonchev–Trinajstić information content (AvgIpc) is 3.32. The maximum absolute atomic E-state index is 13.0. The minimum absolute atomic E-state index is 0.00720. The molecule has 1 fully saturated rings. The highest BCUT2D eigenvalue weighted by atomic mass is 16.5. The first-order valence-corrected chi connectivity index (χ1v) is 15.4. The van der Waals surface area contributed by atoms with Crippen LogP contribution in [0.5, 0.6) is 0 Å². The van der Waals surface area contributed by atoms with Crippen molar-refractivity contribution in [1.82, 2.24) is 0 Å². The minimum Gasteiger partial charge on any atom is -0.469 e. The number of aliphatic hydroxyl groups is 1. The highest BCUT2D eigenvalue weighted by Gasteiger charge is 2.43. The zero-order valence-electron chi connectivity index (χ0n) is 26.3. The molecular formula is C37H46O7. The molecule has 0 spiro atoms. The molecule has 7 nitrogen and oxygen atoms in total. The normalized spacial score (nSPS) is 21.1. The van der Waals surface area contributed by atoms with Crippen LogP contribution in [0.25, 0.3) is 0 Å². The molecule has 1 N–H and O–H groups in total. The van der Waals surface area contributed by atoms with Gasteiger partial charge in [0.25, 0.3) is 0 Å². The number of carbonyl (C=O) groups excluding carboxylic acids is 3. The zero-order chi connectivity index (χ0) is 31.9. The lowest BCUT2D eigenvalue weighted by Gasteiger charge is -2.24. The van der Waals surface area contributed by atoms with Gasteiger partial charge < -0.3 is 19.3 Å². The number of allylic oxidation sites excluding steroid dienone is 4. The molecule has 1 aliphatic rings. The van der Waals surface area contributed by atoms with E-state index >= 15 is 0 Å². The van der Waals surface area contributed by atoms with Crippen LogP contribution in [-0.2, 0) is 19.0 Å². The molecule has 0 radical (unpaired) electrons. The molecule has 7 heteroatoms. The van der Waals surface area contributed by atoms with Crippen molar-refractivity contribution in [2.24, 2.45) is 17.8 Å². The summed E-state index contributed by atoms with van der Waals surface area (Å²) in [6.45, 7) is 6.11. The lowest BCUT2D eigenvalue weighted by atomic mass is 9.88. The van der Waals surface area contributed by atoms with E-state index in [1.54, 1.807) is 48.5 Å². The van der Waals surface area contributed by atoms with Crippen LogP contribution in [0.2, 0.25) is 0 Å². The predicted molar refractivity (Wildman–Crippen MR) is 171 cm³/mol. The standard InChI is InChI=1S/C37H46O7/c1-26(2)21-22-27(3)33(43-36(40)28-15-9-7-10-16-28)24-23-30-31(19-13-5-6-14-20-35(39)42-4)34(25-32(30)38)44-37(41)29-17-11-8-12-18-29/h5,7-13,15-18,21,23-24,27,30-34,38H,6,14,19-20,22,25H2,1-4H3/b13-5-,24-23+/t27?,30-,31-,32-,33-,34+/m1/s1. The fourth-order valence-electron chi connectivity index (χ4n) is 5.34. The summed E-state index contributed by atoms with van der Waals surface area (Å²) in [6, 6.07) is 17.7. The van der Waals surface area contributed by atoms with Gasteiger partial charge in [0.05, 0.1) is 24.3 Å². The average molecular weight is 603 g/mol. The molecule has 1 unspecified atom stereocenters. The Hall–Kier alpha value is -3.97. The Kier molecular flexibility index (Phi) is 14.1. The molecule has 1 saturated carbocycles. The molecule has 3 rings (SSSR count). The molecule has 6 atom stereocenters. The number of esters is 3. The summed E-state index contributed by atoms with van der Waals surface area (Å²) in [6.07, 6.45) is 11.5. The highest BCUT2D eigenvalue weighted by molar-refractivity contribution is 5.90. The number of rotatable bonds is 15. The molecule has 0 aromatic heterocycles. The van der Waals surface area contributed by atoms with Crippen molar-refractivity contribution in [3.63, 3.8) is 0 Å². The maximum atomic E-state index is 13.0. The Labute approximate surface area is 261 Å². The van der Waals surface area contributed by atoms with Gasteiger partial charge in [0.15, 0.2) is 0 Å². The Morgan fingerprint density at radius 1 is 0.955 bits per heavy atom. The number of hydrogen-bond donors (Lipinski definition) is 1. The lowest BCUT2D eigenvalue weighted by molar-refractivity contribution is -0.140. The molecule has 236 valence electrons. The van der Waals surface area contributed by atoms with Crippen molar-refractivity contribution in [2.45, 2.75) is 77.6 Å². The van der Waals surface area contributed by atoms with E-state index in [9.17, 15) is 19.5 Å². The number of unbranched alkanes of at least 4 members (excludes halogenated alkanes) is 1. The van der Waals surface area contributed by atoms with Gasteiger partial charge in [-0.3, -0.25) is 4.79 Å². The Morgan fingerprint density at radius 2 is 1.59 bits per heavy atom. The molecule has 2 aromatic rings. The number of hydrogen-bond acceptors (Lipinski definition) is 7. The second kappa shape index (κ2) is 18.0. The summed E-state index contributed by atoms with van der Waals surface area (Å²) < 4.78 is 16.7. The number of benzene rings is 2. The van der Waals surface area contributed by atoms with E-state index in [-0.39, 0.29) is 23.7 Å². The lowest BCUT2D eigenvalue weighted by Crippen LogP contribution is -2.26. The number of aliphatic hydroxyl groups excluding tert-OH is 1. The summed E-state index contributed by atoms with van der Waals surface area (Å²) in [5.41, 5.74) is 2.12. The fourth-order valence-corrected chi connectivity index (χ4v) is 5.34. The van der Waals surface area contributed by atoms with Gasteiger partial charge in [-0.1, -0.05) is 73.2 Å². The van der Waals surface area contributed by atoms with E-state index in [0.29, 0.717) is 43.2 Å². The van der Waals surface area contributed by atoms with Crippen molar-refractivity contribution in [2.75, 3.05) is 7.11 Å². The van der Waals surface area contributed by atoms with Gasteiger partial charge in [0, 0.05) is 30.6 Å². The van der Waals surface area contributed by atoms with Crippen molar-refractivity contribution < 1.29 is 33.7 Å². The summed E-state index contributed by atoms with van der Waals surface area (Å²) >= 11 is 0. The molecular weight excluding hydrogens is 556 g/mol. The summed E-state index contributed by atoms with van der Waals surface area (Å²) in [4.78, 5) is 37.4. The molecule has 1 aliphatic carbocycles. The van der Waals surface area contributed by atoms with Crippen LogP contribution in [0.1, 0.15) is 80.0 Å². The first kappa shape index (κ1) is 34.5. The summed E-state index contributed by atoms with van der Waals surface area (Å²) in [5.74, 6) is -1.59. The van der Waals surface area contributed by atoms with E-state index in [2.05, 4.69) is 6.08 Å². The van der Waals surface area contributed by atoms with Gasteiger partial charge in [0.1, 0.15) is 12.2 Å². The van der Waals surface area contributed by atoms with Crippen molar-refractivity contribution in [3.05, 3.63) is 108 Å². The molecule has 0 saturated heterocycles. The third-order valence-electron chi connectivity index (χ3n) is 7.95. The molecule has 0 heterocycles. The Bertz CT molecular complexity index is 1280. The van der Waals surface area contributed by atoms with Crippen LogP contribution in [0.3, 0.4) is 0 Å². The number of carbonyl (C=O) groups is 3. The van der Waals surface area contributed by atoms with Crippen LogP contribution in [-0.4, -0.2) is 48.4 Å². The van der Waals surface area contributed by atoms with Crippen LogP contribution in [0.15, 0.2) is 96.6 Å². The topological polar surface area (TPSA) is 99.1 Å². The Morgan fingerprint density at radius 3 is 2.20 bits per heavy atom. The van der Waals surface area contributed by atoms with Crippen molar-refractivity contribution in [1.29, 1.82) is 0 Å². The largest absolute Gasteiger partial charge is 0.469 e. The molecule has 0 aliphatic heterocycles. The highest BCUT2D eigenvalue weighted by Crippen LogP contribution is 2.39. The van der Waals surface area contributed by atoms with Crippen molar-refractivity contribution >= 4 is 17.9 Å². The van der Waals surface area contributed by atoms with Gasteiger partial charge in [-0.05, 0) is 69.9 Å². The van der Waals surface area contributed by atoms with E-state index in [0.717, 1.165) is 6.42 Å². The SMILES string of the molecule is COC(=O)CCC/C=C\C[C@@H]1[C@@H](/C=C/[C@@H](OC(=O)c2ccccc2)C(C)CC=C(C)C)[C@H](O)C[C@@H]1OC(=O)c1ccccc1. The fraction of sp³-hybridized carbons (Fsp3) is 0.432. The van der Waals surface area contributed by atoms with Crippen LogP contribution >= 0.6 is 0 Å². The molecule has 0 amide bonds. The van der Waals surface area contributed by atoms with Gasteiger partial charge in [0.2, 0.25) is 0 Å². The smallest absolute Gasteiger partial charge is 0.338 e. The first-order chi connectivity index (χ1) is 21.2. The van der Waals surface area contributed by atoms with Crippen molar-refractivity contribution in [3.8, 4) is 0 Å². The van der Waals surface area contributed by atoms with Crippen LogP contribution < -0.4 is 0 Å². The molecule has 0 bridgehead atoms.